The Balaban J connectivity index is 1.38. The van der Waals surface area contributed by atoms with E-state index in [-0.39, 0.29) is 23.9 Å². The first kappa shape index (κ1) is 26.2. The molecule has 2 atom stereocenters. The molecule has 2 aliphatic rings. The van der Waals surface area contributed by atoms with E-state index in [4.69, 9.17) is 16.3 Å². The summed E-state index contributed by atoms with van der Waals surface area (Å²) in [6.07, 6.45) is 1.12. The topological polar surface area (TPSA) is 88.6 Å². The molecule has 3 aromatic rings. The number of aryl methyl sites for hydroxylation is 1. The molecule has 1 fully saturated rings. The second-order valence-electron chi connectivity index (χ2n) is 8.84. The van der Waals surface area contributed by atoms with E-state index in [2.05, 4.69) is 10.3 Å². The molecule has 1 unspecified atom stereocenters. The number of thioether (sulfide) groups is 1. The van der Waals surface area contributed by atoms with Crippen LogP contribution in [0.1, 0.15) is 34.0 Å². The Labute approximate surface area is 233 Å². The van der Waals surface area contributed by atoms with Crippen LogP contribution in [0.3, 0.4) is 0 Å². The maximum atomic E-state index is 13.7. The van der Waals surface area contributed by atoms with Crippen molar-refractivity contribution in [3.05, 3.63) is 110 Å². The van der Waals surface area contributed by atoms with Crippen LogP contribution in [0.25, 0.3) is 0 Å². The highest BCUT2D eigenvalue weighted by Gasteiger charge is 2.55. The highest BCUT2D eigenvalue weighted by atomic mass is 35.5. The van der Waals surface area contributed by atoms with Crippen molar-refractivity contribution in [2.45, 2.75) is 37.8 Å². The van der Waals surface area contributed by atoms with E-state index in [0.717, 1.165) is 21.0 Å². The van der Waals surface area contributed by atoms with Crippen LogP contribution in [0.2, 0.25) is 0 Å². The Morgan fingerprint density at radius 3 is 2.29 bits per heavy atom. The minimum atomic E-state index is -0.789. The summed E-state index contributed by atoms with van der Waals surface area (Å²) in [5, 5.41) is 3.17. The lowest BCUT2D eigenvalue weighted by molar-refractivity contribution is -0.154. The predicted molar refractivity (Wildman–Crippen MR) is 148 cm³/mol. The number of esters is 1. The maximum Gasteiger partial charge on any atom is 0.356 e. The van der Waals surface area contributed by atoms with Gasteiger partial charge in [0.1, 0.15) is 17.1 Å². The lowest BCUT2D eigenvalue weighted by Crippen LogP contribution is -2.70. The number of hydrogen-bond acceptors (Lipinski definition) is 7. The number of allylic oxidation sites excluding steroid dienone is 1. The predicted octanol–water partition coefficient (Wildman–Crippen LogP) is 5.08. The van der Waals surface area contributed by atoms with Crippen LogP contribution in [0, 0.1) is 6.92 Å². The standard InChI is InChI=1S/C28H24ClN3O4S2/c1-16-21(14-29)38-27-23(31-22(33)13-20-15-30-17(2)37-20)26(34)32(27)24(16)28(35)36-25(18-9-5-3-6-10-18)19-11-7-4-8-12-19/h3-12,14-15,23,25,27H,13H2,1-2H3,(H,31,33)/b21-14-/t23?,27-/m1/s1. The highest BCUT2D eigenvalue weighted by Crippen LogP contribution is 2.47. The molecule has 10 heteroatoms. The Morgan fingerprint density at radius 1 is 1.11 bits per heavy atom. The quantitative estimate of drug-likeness (QED) is 0.317. The first-order valence-corrected chi connectivity index (χ1v) is 14.0. The third-order valence-electron chi connectivity index (χ3n) is 6.30. The molecule has 0 radical (unpaired) electrons. The van der Waals surface area contributed by atoms with Crippen molar-refractivity contribution in [2.24, 2.45) is 0 Å². The number of fused-ring (bicyclic) bond motifs is 1. The minimum Gasteiger partial charge on any atom is -0.448 e. The fourth-order valence-electron chi connectivity index (χ4n) is 4.45. The number of carbonyl (C=O) groups excluding carboxylic acids is 3. The minimum absolute atomic E-state index is 0.129. The summed E-state index contributed by atoms with van der Waals surface area (Å²) in [6.45, 7) is 3.60. The SMILES string of the molecule is CC1=C(C(=O)OC(c2ccccc2)c2ccccc2)N2C(=O)C(NC(=O)Cc3cnc(C)s3)[C@H]2S/C1=C\Cl. The Morgan fingerprint density at radius 2 is 1.74 bits per heavy atom. The van der Waals surface area contributed by atoms with Crippen molar-refractivity contribution < 1.29 is 19.1 Å². The van der Waals surface area contributed by atoms with Crippen LogP contribution in [0.5, 0.6) is 0 Å². The second-order valence-corrected chi connectivity index (χ2v) is 11.5. The number of benzene rings is 2. The van der Waals surface area contributed by atoms with Crippen molar-refractivity contribution in [3.63, 3.8) is 0 Å². The fourth-order valence-corrected chi connectivity index (χ4v) is 6.78. The number of thiazole rings is 1. The molecule has 38 heavy (non-hydrogen) atoms. The Bertz CT molecular complexity index is 1400. The van der Waals surface area contributed by atoms with Gasteiger partial charge in [-0.05, 0) is 30.5 Å². The number of hydrogen-bond donors (Lipinski definition) is 1. The molecule has 0 bridgehead atoms. The van der Waals surface area contributed by atoms with Crippen LogP contribution in [-0.2, 0) is 25.5 Å². The van der Waals surface area contributed by atoms with Gasteiger partial charge in [-0.2, -0.15) is 0 Å². The molecular weight excluding hydrogens is 542 g/mol. The summed E-state index contributed by atoms with van der Waals surface area (Å²) >= 11 is 8.88. The van der Waals surface area contributed by atoms with E-state index in [1.807, 2.05) is 67.6 Å². The first-order chi connectivity index (χ1) is 18.4. The van der Waals surface area contributed by atoms with Gasteiger partial charge in [0.2, 0.25) is 5.91 Å². The lowest BCUT2D eigenvalue weighted by atomic mass is 10.0. The molecule has 2 amide bonds. The average molecular weight is 566 g/mol. The van der Waals surface area contributed by atoms with Crippen molar-refractivity contribution in [2.75, 3.05) is 0 Å². The largest absolute Gasteiger partial charge is 0.448 e. The summed E-state index contributed by atoms with van der Waals surface area (Å²) in [5.74, 6) is -1.29. The molecule has 2 aliphatic heterocycles. The van der Waals surface area contributed by atoms with E-state index >= 15 is 0 Å². The molecule has 0 spiro atoms. The molecule has 1 aromatic heterocycles. The van der Waals surface area contributed by atoms with Crippen LogP contribution >= 0.6 is 34.7 Å². The van der Waals surface area contributed by atoms with Gasteiger partial charge in [-0.1, -0.05) is 84.0 Å². The van der Waals surface area contributed by atoms with Crippen molar-refractivity contribution >= 4 is 52.5 Å². The zero-order chi connectivity index (χ0) is 26.8. The smallest absolute Gasteiger partial charge is 0.356 e. The van der Waals surface area contributed by atoms with Gasteiger partial charge in [0.05, 0.1) is 11.4 Å². The molecule has 1 saturated heterocycles. The summed E-state index contributed by atoms with van der Waals surface area (Å²) in [4.78, 5) is 46.7. The molecular formula is C28H24ClN3O4S2. The molecule has 3 heterocycles. The normalized spacial score (nSPS) is 19.8. The number of aromatic nitrogens is 1. The lowest BCUT2D eigenvalue weighted by Gasteiger charge is -2.50. The van der Waals surface area contributed by atoms with Crippen LogP contribution < -0.4 is 5.32 Å². The van der Waals surface area contributed by atoms with Gasteiger partial charge in [-0.3, -0.25) is 14.5 Å². The van der Waals surface area contributed by atoms with E-state index in [1.54, 1.807) is 13.1 Å². The van der Waals surface area contributed by atoms with Crippen LogP contribution in [0.15, 0.2) is 88.6 Å². The average Bonchev–Trinajstić information content (AvgIpc) is 3.35. The molecule has 7 nitrogen and oxygen atoms in total. The third-order valence-corrected chi connectivity index (χ3v) is 8.96. The number of β-lactam (4-membered cyclic amide) rings is 1. The maximum absolute atomic E-state index is 13.7. The monoisotopic (exact) mass is 565 g/mol. The van der Waals surface area contributed by atoms with Crippen LogP contribution in [-0.4, -0.2) is 39.1 Å². The molecule has 2 aromatic carbocycles. The molecule has 5 rings (SSSR count). The number of ether oxygens (including phenoxy) is 1. The number of carbonyl (C=O) groups is 3. The third kappa shape index (κ3) is 5.14. The molecule has 0 saturated carbocycles. The van der Waals surface area contributed by atoms with Gasteiger partial charge < -0.3 is 10.1 Å². The number of amides is 2. The van der Waals surface area contributed by atoms with Gasteiger partial charge in [0.15, 0.2) is 6.10 Å². The zero-order valence-corrected chi connectivity index (χ0v) is 23.0. The van der Waals surface area contributed by atoms with E-state index in [1.165, 1.54) is 33.5 Å². The summed E-state index contributed by atoms with van der Waals surface area (Å²) < 4.78 is 6.06. The van der Waals surface area contributed by atoms with Crippen molar-refractivity contribution in [1.82, 2.24) is 15.2 Å². The van der Waals surface area contributed by atoms with Gasteiger partial charge in [-0.25, -0.2) is 9.78 Å². The van der Waals surface area contributed by atoms with Crippen molar-refractivity contribution in [1.29, 1.82) is 0 Å². The van der Waals surface area contributed by atoms with Crippen molar-refractivity contribution in [3.8, 4) is 0 Å². The summed E-state index contributed by atoms with van der Waals surface area (Å²) in [6, 6.07) is 18.1. The number of nitrogens with one attached hydrogen (secondary N) is 1. The Kier molecular flexibility index (Phi) is 7.69. The zero-order valence-electron chi connectivity index (χ0n) is 20.6. The molecule has 0 aliphatic carbocycles. The molecule has 194 valence electrons. The Hall–Kier alpha value is -3.40. The first-order valence-electron chi connectivity index (χ1n) is 11.9. The van der Waals surface area contributed by atoms with Gasteiger partial charge in [0, 0.05) is 21.5 Å². The highest BCUT2D eigenvalue weighted by molar-refractivity contribution is 8.04. The fraction of sp³-hybridized carbons (Fsp3) is 0.214. The second kappa shape index (κ2) is 11.1. The number of nitrogens with zero attached hydrogens (tertiary/aromatic N) is 2. The number of halogens is 1. The van der Waals surface area contributed by atoms with E-state index in [0.29, 0.717) is 10.5 Å². The van der Waals surface area contributed by atoms with E-state index in [9.17, 15) is 14.4 Å². The summed E-state index contributed by atoms with van der Waals surface area (Å²) in [5.41, 5.74) is 3.67. The molecule has 1 N–H and O–H groups in total. The van der Waals surface area contributed by atoms with Crippen LogP contribution in [0.4, 0.5) is 0 Å². The summed E-state index contributed by atoms with van der Waals surface area (Å²) in [7, 11) is 0. The van der Waals surface area contributed by atoms with Gasteiger partial charge >= 0.3 is 5.97 Å². The van der Waals surface area contributed by atoms with E-state index < -0.39 is 23.5 Å². The van der Waals surface area contributed by atoms with Gasteiger partial charge in [-0.15, -0.1) is 11.3 Å². The van der Waals surface area contributed by atoms with Gasteiger partial charge in [0.25, 0.3) is 5.91 Å². The number of rotatable bonds is 7.